The second kappa shape index (κ2) is 65.4. The highest BCUT2D eigenvalue weighted by atomic mass is 33.7. The monoisotopic (exact) mass is 1450 g/mol. The second-order valence-corrected chi connectivity index (χ2v) is 43.3. The summed E-state index contributed by atoms with van der Waals surface area (Å²) in [6.07, 6.45) is 6.11. The molecule has 0 bridgehead atoms. The molecule has 0 N–H and O–H groups in total. The molecule has 0 aromatic heterocycles. The van der Waals surface area contributed by atoms with E-state index >= 15 is 0 Å². The van der Waals surface area contributed by atoms with Gasteiger partial charge in [0, 0.05) is 180 Å². The molecule has 0 saturated carbocycles. The average Bonchev–Trinajstić information content (AvgIpc) is 3.51. The largest absolute Gasteiger partial charge is 0.500 e. The highest BCUT2D eigenvalue weighted by Crippen LogP contribution is 2.44. The summed E-state index contributed by atoms with van der Waals surface area (Å²) in [7, 11) is 1.52. The van der Waals surface area contributed by atoms with Crippen LogP contribution in [0.15, 0.2) is 0 Å². The predicted octanol–water partition coefficient (Wildman–Crippen LogP) is 15.3. The molecule has 0 atom stereocenters. The molecule has 0 fully saturated rings. The van der Waals surface area contributed by atoms with Gasteiger partial charge in [0.15, 0.2) is 0 Å². The van der Waals surface area contributed by atoms with Gasteiger partial charge in [-0.25, -0.2) is 0 Å². The Hall–Kier alpha value is 3.38. The summed E-state index contributed by atoms with van der Waals surface area (Å²) >= 11 is 8.30. The Balaban J connectivity index is -0.000000539. The molecule has 506 valence electrons. The molecule has 0 rings (SSSR count). The fraction of sp³-hybridized carbons (Fsp3) is 1.00. The molecule has 32 heteroatoms. The maximum atomic E-state index is 5.90. The van der Waals surface area contributed by atoms with Crippen LogP contribution in [0, 0.1) is 0 Å². The normalized spacial score (nSPS) is 12.4. The third-order valence-electron chi connectivity index (χ3n) is 10.7. The third kappa shape index (κ3) is 48.7. The third-order valence-corrected chi connectivity index (χ3v) is 39.2. The van der Waals surface area contributed by atoms with Crippen molar-refractivity contribution in [3.05, 3.63) is 0 Å². The zero-order valence-electron chi connectivity index (χ0n) is 55.0. The molecule has 0 radical (unpaired) electrons. The fourth-order valence-corrected chi connectivity index (χ4v) is 32.8. The number of hydrogen-bond acceptors (Lipinski definition) is 26. The summed E-state index contributed by atoms with van der Waals surface area (Å²) in [6, 6.07) is 5.22. The SMILES string of the molecule is CCO[Si](CCCS)(OCC)OCC.CCO[Si](CCCSSCCC[Si](OCC)(OCC)OCC)(OCC)OCC.CCO[Si](CCCSSSSCCC[Si](OCC)(OCC)OCC)(OCC)OCC.CO[Si](CCCS)(OC)OC. The van der Waals surface area contributed by atoms with E-state index in [9.17, 15) is 0 Å². The molecule has 0 unspecified atom stereocenters. The van der Waals surface area contributed by atoms with Gasteiger partial charge in [0.2, 0.25) is 0 Å². The molecule has 0 aliphatic rings. The van der Waals surface area contributed by atoms with Crippen LogP contribution in [0.5, 0.6) is 0 Å². The van der Waals surface area contributed by atoms with Crippen LogP contribution in [0.1, 0.15) is 142 Å². The average molecular weight is 1450 g/mol. The molecule has 0 saturated heterocycles. The van der Waals surface area contributed by atoms with Crippen LogP contribution in [0.4, 0.5) is 0 Å². The molecule has 0 amide bonds. The van der Waals surface area contributed by atoms with E-state index in [2.05, 4.69) is 25.3 Å². The Morgan fingerprint density at radius 2 is 0.386 bits per heavy atom. The van der Waals surface area contributed by atoms with Crippen LogP contribution in [0.3, 0.4) is 0 Å². The lowest BCUT2D eigenvalue weighted by Crippen LogP contribution is -2.46. The molecule has 0 aliphatic carbocycles. The Labute approximate surface area is 549 Å². The van der Waals surface area contributed by atoms with E-state index in [-0.39, 0.29) is 0 Å². The minimum Gasteiger partial charge on any atom is -0.377 e. The van der Waals surface area contributed by atoms with E-state index in [1.165, 1.54) is 0 Å². The maximum absolute atomic E-state index is 5.90. The Morgan fingerprint density at radius 1 is 0.229 bits per heavy atom. The van der Waals surface area contributed by atoms with Crippen LogP contribution in [0.25, 0.3) is 0 Å². The van der Waals surface area contributed by atoms with Crippen molar-refractivity contribution in [3.8, 4) is 0 Å². The van der Waals surface area contributed by atoms with Crippen molar-refractivity contribution in [1.82, 2.24) is 0 Å². The lowest BCUT2D eigenvalue weighted by Gasteiger charge is -2.28. The van der Waals surface area contributed by atoms with Gasteiger partial charge in [0.1, 0.15) is 0 Å². The minimum absolute atomic E-state index is 0.638. The summed E-state index contributed by atoms with van der Waals surface area (Å²) in [5.41, 5.74) is 0. The summed E-state index contributed by atoms with van der Waals surface area (Å²) in [6.45, 7) is 39.6. The van der Waals surface area contributed by atoms with E-state index in [0.29, 0.717) is 99.1 Å². The van der Waals surface area contributed by atoms with Gasteiger partial charge in [-0.2, -0.15) is 25.3 Å². The zero-order chi connectivity index (χ0) is 63.3. The van der Waals surface area contributed by atoms with E-state index < -0.39 is 52.8 Å². The Kier molecular flexibility index (Phi) is 73.2. The number of rotatable bonds is 59. The summed E-state index contributed by atoms with van der Waals surface area (Å²) < 4.78 is 103. The van der Waals surface area contributed by atoms with E-state index in [4.69, 9.17) is 79.7 Å². The molecule has 0 aromatic rings. The van der Waals surface area contributed by atoms with E-state index in [1.54, 1.807) is 21.3 Å². The topological polar surface area (TPSA) is 166 Å². The van der Waals surface area contributed by atoms with Crippen LogP contribution < -0.4 is 0 Å². The molecule has 83 heavy (non-hydrogen) atoms. The van der Waals surface area contributed by atoms with Crippen molar-refractivity contribution in [1.29, 1.82) is 0 Å². The van der Waals surface area contributed by atoms with Crippen molar-refractivity contribution in [2.24, 2.45) is 0 Å². The van der Waals surface area contributed by atoms with Gasteiger partial charge in [-0.3, -0.25) is 0 Å². The van der Waals surface area contributed by atoms with Crippen LogP contribution >= 0.6 is 88.1 Å². The number of hydrogen-bond donors (Lipinski definition) is 2. The van der Waals surface area contributed by atoms with Crippen molar-refractivity contribution in [2.75, 3.05) is 155 Å². The molecule has 0 heterocycles. The summed E-state index contributed by atoms with van der Waals surface area (Å²) in [4.78, 5) is 0. The van der Waals surface area contributed by atoms with Crippen LogP contribution in [0.2, 0.25) is 36.3 Å². The molecule has 0 spiro atoms. The van der Waals surface area contributed by atoms with Crippen LogP contribution in [-0.2, 0) is 79.7 Å². The van der Waals surface area contributed by atoms with Gasteiger partial charge in [0.25, 0.3) is 0 Å². The van der Waals surface area contributed by atoms with E-state index in [1.807, 2.05) is 167 Å². The molecule has 0 aliphatic heterocycles. The first kappa shape index (κ1) is 92.8. The highest BCUT2D eigenvalue weighted by molar-refractivity contribution is 9.26. The van der Waals surface area contributed by atoms with Gasteiger partial charge >= 0.3 is 52.8 Å². The molecular formula is C51H122O18S8Si6. The van der Waals surface area contributed by atoms with Gasteiger partial charge in [0.05, 0.1) is 0 Å². The highest BCUT2D eigenvalue weighted by Gasteiger charge is 2.43. The van der Waals surface area contributed by atoms with Crippen LogP contribution in [-0.4, -0.2) is 208 Å². The van der Waals surface area contributed by atoms with Gasteiger partial charge < -0.3 is 79.7 Å². The quantitative estimate of drug-likeness (QED) is 0.0255. The smallest absolute Gasteiger partial charge is 0.377 e. The predicted molar refractivity (Wildman–Crippen MR) is 379 cm³/mol. The molecule has 18 nitrogen and oxygen atoms in total. The van der Waals surface area contributed by atoms with Gasteiger partial charge in [-0.1, -0.05) is 43.2 Å². The molecule has 0 aromatic carbocycles. The lowest BCUT2D eigenvalue weighted by atomic mass is 10.6. The maximum Gasteiger partial charge on any atom is 0.500 e. The van der Waals surface area contributed by atoms with E-state index in [0.717, 1.165) is 109 Å². The van der Waals surface area contributed by atoms with Crippen molar-refractivity contribution in [2.45, 2.75) is 179 Å². The first-order valence-electron chi connectivity index (χ1n) is 30.4. The molecular weight excluding hydrogens is 1330 g/mol. The first-order valence-corrected chi connectivity index (χ1v) is 50.9. The number of thiol groups is 2. The summed E-state index contributed by atoms with van der Waals surface area (Å²) in [5.74, 6) is 5.95. The Morgan fingerprint density at radius 3 is 0.542 bits per heavy atom. The first-order chi connectivity index (χ1) is 40.1. The van der Waals surface area contributed by atoms with Gasteiger partial charge in [-0.05, 0) is 174 Å². The fourth-order valence-electron chi connectivity index (χ4n) is 7.77. The minimum atomic E-state index is -2.49. The Bertz CT molecular complexity index is 1170. The second-order valence-electron chi connectivity index (χ2n) is 16.7. The van der Waals surface area contributed by atoms with Crippen molar-refractivity contribution in [3.63, 3.8) is 0 Å². The zero-order valence-corrected chi connectivity index (χ0v) is 67.7. The standard InChI is InChI=1S/C18H42O6S4Si2.C18H42O6S2Si2.C9H22O3SSi.C6H16O3SSi/c1-7-19-29(20-8-2,21-9-3)17-13-15-25-27-28-26-16-14-18-30(22-10-4,23-11-5)24-12-6;1-7-19-27(20-8-2,21-9-3)17-13-15-25-26-16-14-18-28(22-10-4,23-11-5)24-12-6;1-4-10-14(11-5-2,12-6-3)9-7-8-13;1-7-11(8-2,9-3)6-4-5-10/h7-18H2,1-6H3;7-18H2,1-6H3;13H,4-9H2,1-3H3;10H,4-6H2,1-3H3. The lowest BCUT2D eigenvalue weighted by molar-refractivity contribution is 0.0704. The van der Waals surface area contributed by atoms with Crippen molar-refractivity contribution >= 4 is 141 Å². The van der Waals surface area contributed by atoms with Crippen molar-refractivity contribution < 1.29 is 79.7 Å². The summed E-state index contributed by atoms with van der Waals surface area (Å²) in [5, 5.41) is 0. The van der Waals surface area contributed by atoms with Gasteiger partial charge in [-0.15, -0.1) is 0 Å².